The summed E-state index contributed by atoms with van der Waals surface area (Å²) >= 11 is 0. The molecule has 222 valence electrons. The molecule has 0 bridgehead atoms. The Morgan fingerprint density at radius 3 is 1.36 bits per heavy atom. The summed E-state index contributed by atoms with van der Waals surface area (Å²) in [5, 5.41) is 9.63. The number of nitrogens with two attached hydrogens (primary N) is 1. The molecule has 0 saturated carbocycles. The first-order chi connectivity index (χ1) is 21.9. The summed E-state index contributed by atoms with van der Waals surface area (Å²) < 4.78 is 11.6. The van der Waals surface area contributed by atoms with Crippen LogP contribution in [0.5, 0.6) is 0 Å². The molecule has 3 N–H and O–H groups in total. The average molecular weight is 597 g/mol. The molecule has 0 heterocycles. The average Bonchev–Trinajstić information content (AvgIpc) is 3.56. The predicted molar refractivity (Wildman–Crippen MR) is 170 cm³/mol. The maximum absolute atomic E-state index is 13.8. The fourth-order valence-corrected chi connectivity index (χ4v) is 6.46. The van der Waals surface area contributed by atoms with E-state index in [9.17, 15) is 19.5 Å². The van der Waals surface area contributed by atoms with Gasteiger partial charge in [-0.3, -0.25) is 0 Å². The Hall–Kier alpha value is -5.89. The maximum atomic E-state index is 13.8. The highest BCUT2D eigenvalue weighted by Crippen LogP contribution is 2.46. The van der Waals surface area contributed by atoms with Gasteiger partial charge in [-0.25, -0.2) is 14.4 Å². The smallest absolute Gasteiger partial charge is 0.424 e. The third kappa shape index (κ3) is 4.86. The van der Waals surface area contributed by atoms with Crippen molar-refractivity contribution in [3.8, 4) is 22.3 Å². The Balaban J connectivity index is 1.18. The van der Waals surface area contributed by atoms with Gasteiger partial charge in [0.05, 0.1) is 16.9 Å². The summed E-state index contributed by atoms with van der Waals surface area (Å²) in [6, 6.07) is 35.4. The minimum Gasteiger partial charge on any atom is -0.478 e. The van der Waals surface area contributed by atoms with Crippen molar-refractivity contribution >= 4 is 29.5 Å². The van der Waals surface area contributed by atoms with E-state index in [-0.39, 0.29) is 42.0 Å². The van der Waals surface area contributed by atoms with Crippen molar-refractivity contribution in [2.75, 3.05) is 23.8 Å². The minimum absolute atomic E-state index is 0.0158. The third-order valence-corrected chi connectivity index (χ3v) is 8.56. The number of anilines is 2. The highest BCUT2D eigenvalue weighted by Gasteiger charge is 2.35. The highest BCUT2D eigenvalue weighted by atomic mass is 16.6. The zero-order valence-corrected chi connectivity index (χ0v) is 24.1. The van der Waals surface area contributed by atoms with Crippen molar-refractivity contribution in [2.24, 2.45) is 0 Å². The molecule has 8 nitrogen and oxygen atoms in total. The molecule has 2 aliphatic carbocycles. The van der Waals surface area contributed by atoms with E-state index in [2.05, 4.69) is 0 Å². The monoisotopic (exact) mass is 596 g/mol. The summed E-state index contributed by atoms with van der Waals surface area (Å²) in [5.41, 5.74) is 14.2. The Kier molecular flexibility index (Phi) is 7.02. The van der Waals surface area contributed by atoms with Crippen molar-refractivity contribution in [3.63, 3.8) is 0 Å². The van der Waals surface area contributed by atoms with Gasteiger partial charge in [0.15, 0.2) is 0 Å². The SMILES string of the molecule is Nc1ccc(C(=O)O)cc1N(C(=O)OCC1c2ccccc2-c2ccccc21)C(=O)OCC1c2ccccc2-c2ccccc21. The topological polar surface area (TPSA) is 119 Å². The van der Waals surface area contributed by atoms with E-state index in [1.54, 1.807) is 0 Å². The van der Waals surface area contributed by atoms with Crippen LogP contribution >= 0.6 is 0 Å². The number of ether oxygens (including phenoxy) is 2. The van der Waals surface area contributed by atoms with E-state index >= 15 is 0 Å². The number of imide groups is 1. The van der Waals surface area contributed by atoms with Crippen molar-refractivity contribution in [1.29, 1.82) is 0 Å². The predicted octanol–water partition coefficient (Wildman–Crippen LogP) is 7.67. The molecule has 45 heavy (non-hydrogen) atoms. The molecule has 2 aliphatic rings. The molecule has 7 rings (SSSR count). The van der Waals surface area contributed by atoms with Crippen LogP contribution in [0.4, 0.5) is 21.0 Å². The van der Waals surface area contributed by atoms with Gasteiger partial charge in [-0.05, 0) is 62.7 Å². The lowest BCUT2D eigenvalue weighted by Gasteiger charge is -2.24. The second-order valence-corrected chi connectivity index (χ2v) is 11.0. The van der Waals surface area contributed by atoms with Gasteiger partial charge in [0.2, 0.25) is 0 Å². The first kappa shape index (κ1) is 27.9. The lowest BCUT2D eigenvalue weighted by atomic mass is 9.98. The number of aromatic carboxylic acids is 1. The molecule has 0 saturated heterocycles. The Labute approximate surface area is 259 Å². The highest BCUT2D eigenvalue weighted by molar-refractivity contribution is 6.12. The Bertz CT molecular complexity index is 1780. The standard InChI is InChI=1S/C37H28N2O6/c38-33-18-17-22(35(40)41)19-34(33)39(36(42)44-20-31-27-13-5-1-9-23(27)24-10-2-6-14-28(24)31)37(43)45-21-32-29-15-7-3-11-25(29)26-12-4-8-16-30(26)32/h1-19,31-32H,20-21,38H2,(H,40,41). The number of carboxylic acids is 1. The van der Waals surface area contributed by atoms with Crippen LogP contribution in [-0.4, -0.2) is 36.5 Å². The molecule has 0 radical (unpaired) electrons. The van der Waals surface area contributed by atoms with Crippen LogP contribution in [0.3, 0.4) is 0 Å². The molecule has 0 aromatic heterocycles. The van der Waals surface area contributed by atoms with Gasteiger partial charge in [-0.1, -0.05) is 97.1 Å². The van der Waals surface area contributed by atoms with Gasteiger partial charge in [-0.2, -0.15) is 4.90 Å². The minimum atomic E-state index is -1.24. The van der Waals surface area contributed by atoms with Gasteiger partial charge in [0.1, 0.15) is 13.2 Å². The first-order valence-electron chi connectivity index (χ1n) is 14.5. The molecule has 0 unspecified atom stereocenters. The van der Waals surface area contributed by atoms with Crippen LogP contribution in [0.2, 0.25) is 0 Å². The second-order valence-electron chi connectivity index (χ2n) is 11.0. The number of fused-ring (bicyclic) bond motifs is 6. The third-order valence-electron chi connectivity index (χ3n) is 8.56. The number of hydrogen-bond acceptors (Lipinski definition) is 6. The number of rotatable bonds is 6. The van der Waals surface area contributed by atoms with Crippen LogP contribution in [0.1, 0.15) is 44.4 Å². The van der Waals surface area contributed by atoms with E-state index < -0.39 is 18.2 Å². The number of nitrogens with zero attached hydrogens (tertiary/aromatic N) is 1. The molecule has 0 fully saturated rings. The number of nitrogen functional groups attached to an aromatic ring is 1. The summed E-state index contributed by atoms with van der Waals surface area (Å²) in [5.74, 6) is -1.75. The van der Waals surface area contributed by atoms with E-state index in [1.807, 2.05) is 97.1 Å². The molecule has 5 aromatic rings. The lowest BCUT2D eigenvalue weighted by molar-refractivity contribution is 0.0696. The summed E-state index contributed by atoms with van der Waals surface area (Å²) in [6.07, 6.45) is -2.05. The second kappa shape index (κ2) is 11.3. The number of amides is 2. The van der Waals surface area contributed by atoms with Gasteiger partial charge >= 0.3 is 18.2 Å². The van der Waals surface area contributed by atoms with Crippen LogP contribution in [0, 0.1) is 0 Å². The van der Waals surface area contributed by atoms with Gasteiger partial charge < -0.3 is 20.3 Å². The van der Waals surface area contributed by atoms with Gasteiger partial charge in [0, 0.05) is 11.8 Å². The van der Waals surface area contributed by atoms with Crippen LogP contribution in [0.25, 0.3) is 22.3 Å². The Morgan fingerprint density at radius 2 is 0.978 bits per heavy atom. The lowest BCUT2D eigenvalue weighted by Crippen LogP contribution is -2.39. The van der Waals surface area contributed by atoms with Crippen molar-refractivity contribution in [1.82, 2.24) is 0 Å². The summed E-state index contributed by atoms with van der Waals surface area (Å²) in [4.78, 5) is 40.1. The van der Waals surface area contributed by atoms with E-state index in [4.69, 9.17) is 15.2 Å². The van der Waals surface area contributed by atoms with Crippen LogP contribution in [0.15, 0.2) is 115 Å². The molecular formula is C37H28N2O6. The van der Waals surface area contributed by atoms with Crippen LogP contribution < -0.4 is 10.6 Å². The van der Waals surface area contributed by atoms with Crippen molar-refractivity contribution in [3.05, 3.63) is 143 Å². The molecule has 5 aromatic carbocycles. The largest absolute Gasteiger partial charge is 0.478 e. The van der Waals surface area contributed by atoms with Gasteiger partial charge in [-0.15, -0.1) is 0 Å². The Morgan fingerprint density at radius 1 is 0.600 bits per heavy atom. The first-order valence-corrected chi connectivity index (χ1v) is 14.5. The molecule has 2 amide bonds. The quantitative estimate of drug-likeness (QED) is 0.193. The van der Waals surface area contributed by atoms with Crippen LogP contribution in [-0.2, 0) is 9.47 Å². The van der Waals surface area contributed by atoms with Crippen molar-refractivity contribution in [2.45, 2.75) is 11.8 Å². The summed E-state index contributed by atoms with van der Waals surface area (Å²) in [6.45, 7) is -0.114. The van der Waals surface area contributed by atoms with Crippen molar-refractivity contribution < 1.29 is 29.0 Å². The van der Waals surface area contributed by atoms with Gasteiger partial charge in [0.25, 0.3) is 0 Å². The zero-order valence-electron chi connectivity index (χ0n) is 24.1. The fraction of sp³-hybridized carbons (Fsp3) is 0.108. The molecule has 8 heteroatoms. The molecule has 0 atom stereocenters. The fourth-order valence-electron chi connectivity index (χ4n) is 6.46. The van der Waals surface area contributed by atoms with E-state index in [1.165, 1.54) is 18.2 Å². The number of benzene rings is 5. The molecular weight excluding hydrogens is 568 g/mol. The number of hydrogen-bond donors (Lipinski definition) is 2. The zero-order chi connectivity index (χ0) is 31.1. The summed E-state index contributed by atoms with van der Waals surface area (Å²) in [7, 11) is 0. The molecule has 0 aliphatic heterocycles. The number of carbonyl (C=O) groups is 3. The maximum Gasteiger partial charge on any atom is 0.424 e. The number of carboxylic acid groups (broad SMARTS) is 1. The normalized spacial score (nSPS) is 12.9. The van der Waals surface area contributed by atoms with E-state index in [0.29, 0.717) is 4.90 Å². The van der Waals surface area contributed by atoms with E-state index in [0.717, 1.165) is 44.5 Å². The molecule has 0 spiro atoms. The number of carbonyl (C=O) groups excluding carboxylic acids is 2.